The molecule has 0 aliphatic heterocycles. The van der Waals surface area contributed by atoms with E-state index in [1.165, 1.54) is 0 Å². The maximum Gasteiger partial charge on any atom is 0.128 e. The molecule has 1 unspecified atom stereocenters. The summed E-state index contributed by atoms with van der Waals surface area (Å²) >= 11 is 0. The van der Waals surface area contributed by atoms with E-state index in [4.69, 9.17) is 11.2 Å². The second-order valence-corrected chi connectivity index (χ2v) is 5.70. The number of aliphatic hydroxyl groups is 1. The predicted molar refractivity (Wildman–Crippen MR) is 88.6 cm³/mol. The van der Waals surface area contributed by atoms with Crippen molar-refractivity contribution in [1.82, 2.24) is 10.3 Å². The zero-order valence-corrected chi connectivity index (χ0v) is 13.0. The topological polar surface area (TPSA) is 57.3 Å². The molecule has 1 aromatic carbocycles. The molecule has 0 amide bonds. The van der Waals surface area contributed by atoms with E-state index in [1.807, 2.05) is 56.4 Å². The molecule has 0 radical (unpaired) electrons. The van der Waals surface area contributed by atoms with Crippen LogP contribution in [0.15, 0.2) is 42.6 Å². The summed E-state index contributed by atoms with van der Waals surface area (Å²) in [5.74, 6) is 3.37. The van der Waals surface area contributed by atoms with Crippen molar-refractivity contribution in [3.8, 4) is 29.4 Å². The summed E-state index contributed by atoms with van der Waals surface area (Å²) in [6, 6.07) is 11.7. The number of rotatable bonds is 7. The van der Waals surface area contributed by atoms with Crippen LogP contribution >= 0.6 is 0 Å². The molecule has 0 saturated carbocycles. The van der Waals surface area contributed by atoms with Crippen molar-refractivity contribution in [3.63, 3.8) is 0 Å². The first kappa shape index (κ1) is 16.2. The number of benzene rings is 1. The number of aliphatic hydroxyl groups excluding tert-OH is 1. The molecule has 0 aliphatic rings. The Morgan fingerprint density at radius 3 is 2.77 bits per heavy atom. The lowest BCUT2D eigenvalue weighted by Crippen LogP contribution is -2.43. The third kappa shape index (κ3) is 4.39. The number of terminal acetylenes is 1. The van der Waals surface area contributed by atoms with E-state index >= 15 is 0 Å². The lowest BCUT2D eigenvalue weighted by molar-refractivity contribution is 0.102. The minimum Gasteiger partial charge on any atom is -0.490 e. The molecule has 0 spiro atoms. The highest BCUT2D eigenvalue weighted by Crippen LogP contribution is 2.28. The van der Waals surface area contributed by atoms with Crippen molar-refractivity contribution >= 4 is 0 Å². The third-order valence-corrected chi connectivity index (χ3v) is 3.35. The molecule has 1 heterocycles. The predicted octanol–water partition coefficient (Wildman–Crippen LogP) is 2.42. The van der Waals surface area contributed by atoms with Crippen molar-refractivity contribution in [2.45, 2.75) is 25.5 Å². The fourth-order valence-corrected chi connectivity index (χ4v) is 1.98. The first-order chi connectivity index (χ1) is 10.5. The molecule has 4 heteroatoms. The van der Waals surface area contributed by atoms with Crippen LogP contribution in [0, 0.1) is 12.3 Å². The maximum absolute atomic E-state index is 10.0. The van der Waals surface area contributed by atoms with Crippen molar-refractivity contribution in [3.05, 3.63) is 42.6 Å². The summed E-state index contributed by atoms with van der Waals surface area (Å²) in [7, 11) is 0. The van der Waals surface area contributed by atoms with Gasteiger partial charge in [-0.25, -0.2) is 0 Å². The highest BCUT2D eigenvalue weighted by molar-refractivity contribution is 5.67. The molecule has 2 aromatic rings. The van der Waals surface area contributed by atoms with Crippen molar-refractivity contribution in [1.29, 1.82) is 0 Å². The molecular formula is C18H22N2O2. The quantitative estimate of drug-likeness (QED) is 0.688. The monoisotopic (exact) mass is 298 g/mol. The zero-order chi connectivity index (χ0) is 16.0. The van der Waals surface area contributed by atoms with Crippen LogP contribution in [-0.4, -0.2) is 34.9 Å². The standard InChI is InChI=1S/C18H22N2O2/c1-4-18(2,3)20-12-14(21)13-22-17-10-6-5-8-15(17)16-9-7-11-19-16/h1,5-11,14,19-21H,12-13H2,2-3H3. The van der Waals surface area contributed by atoms with Crippen molar-refractivity contribution < 1.29 is 9.84 Å². The van der Waals surface area contributed by atoms with Gasteiger partial charge in [-0.1, -0.05) is 18.1 Å². The lowest BCUT2D eigenvalue weighted by atomic mass is 10.1. The fraction of sp³-hybridized carbons (Fsp3) is 0.333. The number of para-hydroxylation sites is 1. The van der Waals surface area contributed by atoms with E-state index in [2.05, 4.69) is 16.2 Å². The summed E-state index contributed by atoms with van der Waals surface area (Å²) in [5, 5.41) is 13.1. The van der Waals surface area contributed by atoms with Crippen LogP contribution in [0.3, 0.4) is 0 Å². The van der Waals surface area contributed by atoms with Crippen molar-refractivity contribution in [2.75, 3.05) is 13.2 Å². The molecule has 22 heavy (non-hydrogen) atoms. The molecule has 3 N–H and O–H groups in total. The molecule has 116 valence electrons. The Labute approximate surface area is 131 Å². The van der Waals surface area contributed by atoms with E-state index in [-0.39, 0.29) is 6.61 Å². The minimum atomic E-state index is -0.635. The molecule has 0 aliphatic carbocycles. The number of ether oxygens (including phenoxy) is 1. The van der Waals surface area contributed by atoms with Gasteiger partial charge < -0.3 is 14.8 Å². The molecule has 1 atom stereocenters. The van der Waals surface area contributed by atoms with Crippen LogP contribution < -0.4 is 10.1 Å². The first-order valence-electron chi connectivity index (χ1n) is 7.28. The number of H-pyrrole nitrogens is 1. The van der Waals surface area contributed by atoms with Gasteiger partial charge in [0.05, 0.1) is 5.54 Å². The summed E-state index contributed by atoms with van der Waals surface area (Å²) in [6.07, 6.45) is 6.64. The van der Waals surface area contributed by atoms with Gasteiger partial charge in [0.2, 0.25) is 0 Å². The number of nitrogens with one attached hydrogen (secondary N) is 2. The third-order valence-electron chi connectivity index (χ3n) is 3.35. The second-order valence-electron chi connectivity index (χ2n) is 5.70. The fourth-order valence-electron chi connectivity index (χ4n) is 1.98. The van der Waals surface area contributed by atoms with E-state index in [9.17, 15) is 5.11 Å². The van der Waals surface area contributed by atoms with E-state index in [1.54, 1.807) is 0 Å². The van der Waals surface area contributed by atoms with Crippen LogP contribution in [-0.2, 0) is 0 Å². The van der Waals surface area contributed by atoms with Gasteiger partial charge in [-0.15, -0.1) is 6.42 Å². The Morgan fingerprint density at radius 2 is 2.09 bits per heavy atom. The smallest absolute Gasteiger partial charge is 0.128 e. The van der Waals surface area contributed by atoms with Crippen LogP contribution in [0.4, 0.5) is 0 Å². The maximum atomic E-state index is 10.0. The van der Waals surface area contributed by atoms with Gasteiger partial charge in [-0.3, -0.25) is 5.32 Å². The molecule has 2 rings (SSSR count). The molecular weight excluding hydrogens is 276 g/mol. The minimum absolute atomic E-state index is 0.200. The normalized spacial score (nSPS) is 12.6. The van der Waals surface area contributed by atoms with Gasteiger partial charge in [-0.05, 0) is 38.1 Å². The van der Waals surface area contributed by atoms with Crippen LogP contribution in [0.25, 0.3) is 11.3 Å². The zero-order valence-electron chi connectivity index (χ0n) is 13.0. The average Bonchev–Trinajstić information content (AvgIpc) is 3.05. The Balaban J connectivity index is 1.94. The SMILES string of the molecule is C#CC(C)(C)NCC(O)COc1ccccc1-c1ccc[nH]1. The van der Waals surface area contributed by atoms with Gasteiger partial charge in [0, 0.05) is 24.0 Å². The summed E-state index contributed by atoms with van der Waals surface area (Å²) in [4.78, 5) is 3.16. The Hall–Kier alpha value is -2.22. The van der Waals surface area contributed by atoms with Crippen LogP contribution in [0.5, 0.6) is 5.75 Å². The second kappa shape index (κ2) is 7.17. The Kier molecular flexibility index (Phi) is 5.26. The van der Waals surface area contributed by atoms with E-state index in [0.29, 0.717) is 6.54 Å². The number of aromatic amines is 1. The number of hydrogen-bond donors (Lipinski definition) is 3. The Morgan fingerprint density at radius 1 is 1.32 bits per heavy atom. The van der Waals surface area contributed by atoms with Gasteiger partial charge >= 0.3 is 0 Å². The van der Waals surface area contributed by atoms with Gasteiger partial charge in [0.25, 0.3) is 0 Å². The molecule has 0 bridgehead atoms. The average molecular weight is 298 g/mol. The summed E-state index contributed by atoms with van der Waals surface area (Å²) in [5.41, 5.74) is 1.51. The highest BCUT2D eigenvalue weighted by atomic mass is 16.5. The largest absolute Gasteiger partial charge is 0.490 e. The van der Waals surface area contributed by atoms with Gasteiger partial charge in [-0.2, -0.15) is 0 Å². The van der Waals surface area contributed by atoms with E-state index in [0.717, 1.165) is 17.0 Å². The molecule has 4 nitrogen and oxygen atoms in total. The number of aromatic nitrogens is 1. The Bertz CT molecular complexity index is 627. The molecule has 0 fully saturated rings. The molecule has 0 saturated heterocycles. The van der Waals surface area contributed by atoms with E-state index < -0.39 is 11.6 Å². The van der Waals surface area contributed by atoms with Crippen LogP contribution in [0.2, 0.25) is 0 Å². The molecule has 1 aromatic heterocycles. The number of β-amino-alcohol motifs (C(OH)–C–C–N with tert-alkyl or cyclic N) is 1. The van der Waals surface area contributed by atoms with Gasteiger partial charge in [0.1, 0.15) is 18.5 Å². The summed E-state index contributed by atoms with van der Waals surface area (Å²) < 4.78 is 5.76. The first-order valence-corrected chi connectivity index (χ1v) is 7.28. The van der Waals surface area contributed by atoms with Crippen LogP contribution in [0.1, 0.15) is 13.8 Å². The van der Waals surface area contributed by atoms with Gasteiger partial charge in [0.15, 0.2) is 0 Å². The summed E-state index contributed by atoms with van der Waals surface area (Å²) in [6.45, 7) is 4.36. The highest BCUT2D eigenvalue weighted by Gasteiger charge is 2.16. The lowest BCUT2D eigenvalue weighted by Gasteiger charge is -2.22. The van der Waals surface area contributed by atoms with Crippen molar-refractivity contribution in [2.24, 2.45) is 0 Å². The number of hydrogen-bond acceptors (Lipinski definition) is 3.